The van der Waals surface area contributed by atoms with Gasteiger partial charge in [0.1, 0.15) is 0 Å². The average Bonchev–Trinajstić information content (AvgIpc) is 3.11. The molecule has 162 valence electrons. The Hall–Kier alpha value is -2.93. The van der Waals surface area contributed by atoms with Gasteiger partial charge in [-0.25, -0.2) is 9.97 Å². The standard InChI is InChI=1S/C23H27ClN6O/c1-15-19(13-26-29(15)4)22(31)30-11-5-6-17(14-30)21-20(12-25-23(27-21)28(2)3)16-7-9-18(24)10-8-16/h7-10,12-13,17H,5-6,11,14H2,1-4H3/t17-/m1/s1. The van der Waals surface area contributed by atoms with E-state index >= 15 is 0 Å². The summed E-state index contributed by atoms with van der Waals surface area (Å²) in [5, 5.41) is 4.93. The molecule has 1 fully saturated rings. The van der Waals surface area contributed by atoms with Crippen LogP contribution in [0.4, 0.5) is 5.95 Å². The first-order chi connectivity index (χ1) is 14.8. The van der Waals surface area contributed by atoms with Crippen LogP contribution in [0.15, 0.2) is 36.7 Å². The number of carbonyl (C=O) groups is 1. The Kier molecular flexibility index (Phi) is 5.96. The molecule has 0 bridgehead atoms. The number of nitrogens with zero attached hydrogens (tertiary/aromatic N) is 6. The van der Waals surface area contributed by atoms with E-state index in [-0.39, 0.29) is 11.8 Å². The van der Waals surface area contributed by atoms with Gasteiger partial charge in [-0.2, -0.15) is 5.10 Å². The molecule has 0 saturated carbocycles. The number of rotatable bonds is 4. The molecule has 1 aliphatic heterocycles. The number of aromatic nitrogens is 4. The van der Waals surface area contributed by atoms with E-state index < -0.39 is 0 Å². The molecular weight excluding hydrogens is 412 g/mol. The first-order valence-electron chi connectivity index (χ1n) is 10.4. The highest BCUT2D eigenvalue weighted by molar-refractivity contribution is 6.30. The van der Waals surface area contributed by atoms with Crippen LogP contribution < -0.4 is 4.90 Å². The Labute approximate surface area is 187 Å². The van der Waals surface area contributed by atoms with Crippen LogP contribution in [0.2, 0.25) is 5.02 Å². The largest absolute Gasteiger partial charge is 0.347 e. The Morgan fingerprint density at radius 1 is 1.19 bits per heavy atom. The van der Waals surface area contributed by atoms with E-state index in [4.69, 9.17) is 16.6 Å². The number of carbonyl (C=O) groups excluding carboxylic acids is 1. The Bertz CT molecular complexity index is 1090. The van der Waals surface area contributed by atoms with Crippen molar-refractivity contribution in [2.75, 3.05) is 32.1 Å². The molecule has 7 nitrogen and oxygen atoms in total. The third-order valence-electron chi connectivity index (χ3n) is 5.92. The minimum atomic E-state index is 0.0326. The summed E-state index contributed by atoms with van der Waals surface area (Å²) in [6.45, 7) is 3.29. The molecule has 0 unspecified atom stereocenters. The van der Waals surface area contributed by atoms with Gasteiger partial charge in [0, 0.05) is 62.6 Å². The summed E-state index contributed by atoms with van der Waals surface area (Å²) >= 11 is 6.09. The molecule has 2 aromatic heterocycles. The molecule has 1 amide bonds. The Morgan fingerprint density at radius 2 is 1.94 bits per heavy atom. The van der Waals surface area contributed by atoms with Crippen LogP contribution in [0.25, 0.3) is 11.1 Å². The molecular formula is C23H27ClN6O. The predicted octanol–water partition coefficient (Wildman–Crippen LogP) is 3.92. The Morgan fingerprint density at radius 3 is 2.58 bits per heavy atom. The topological polar surface area (TPSA) is 67.2 Å². The van der Waals surface area contributed by atoms with Crippen molar-refractivity contribution < 1.29 is 4.79 Å². The first kappa shape index (κ1) is 21.3. The van der Waals surface area contributed by atoms with Crippen molar-refractivity contribution in [2.24, 2.45) is 7.05 Å². The number of likely N-dealkylation sites (tertiary alicyclic amines) is 1. The molecule has 1 aromatic carbocycles. The lowest BCUT2D eigenvalue weighted by molar-refractivity contribution is 0.0705. The van der Waals surface area contributed by atoms with Crippen LogP contribution in [0.5, 0.6) is 0 Å². The zero-order valence-corrected chi connectivity index (χ0v) is 19.1. The van der Waals surface area contributed by atoms with Gasteiger partial charge in [0.25, 0.3) is 5.91 Å². The maximum Gasteiger partial charge on any atom is 0.257 e. The second-order valence-electron chi connectivity index (χ2n) is 8.23. The number of halogens is 1. The van der Waals surface area contributed by atoms with Gasteiger partial charge in [-0.05, 0) is 37.5 Å². The van der Waals surface area contributed by atoms with Crippen molar-refractivity contribution in [3.63, 3.8) is 0 Å². The van der Waals surface area contributed by atoms with Crippen LogP contribution in [0, 0.1) is 6.92 Å². The number of hydrogen-bond donors (Lipinski definition) is 0. The Balaban J connectivity index is 1.68. The summed E-state index contributed by atoms with van der Waals surface area (Å²) in [5.74, 6) is 0.826. The molecule has 4 rings (SSSR count). The molecule has 0 spiro atoms. The quantitative estimate of drug-likeness (QED) is 0.617. The van der Waals surface area contributed by atoms with Gasteiger partial charge in [0.2, 0.25) is 5.95 Å². The van der Waals surface area contributed by atoms with E-state index in [1.807, 2.05) is 68.3 Å². The van der Waals surface area contributed by atoms with E-state index in [9.17, 15) is 4.79 Å². The minimum Gasteiger partial charge on any atom is -0.347 e. The highest BCUT2D eigenvalue weighted by atomic mass is 35.5. The molecule has 31 heavy (non-hydrogen) atoms. The van der Waals surface area contributed by atoms with E-state index in [0.29, 0.717) is 23.1 Å². The van der Waals surface area contributed by atoms with Crippen molar-refractivity contribution >= 4 is 23.5 Å². The predicted molar refractivity (Wildman–Crippen MR) is 123 cm³/mol. The highest BCUT2D eigenvalue weighted by Gasteiger charge is 2.30. The van der Waals surface area contributed by atoms with Gasteiger partial charge in [0.15, 0.2) is 0 Å². The van der Waals surface area contributed by atoms with Crippen molar-refractivity contribution in [2.45, 2.75) is 25.7 Å². The molecule has 1 saturated heterocycles. The van der Waals surface area contributed by atoms with E-state index in [1.54, 1.807) is 10.9 Å². The second-order valence-corrected chi connectivity index (χ2v) is 8.66. The summed E-state index contributed by atoms with van der Waals surface area (Å²) in [6, 6.07) is 7.74. The van der Waals surface area contributed by atoms with Crippen LogP contribution in [0.3, 0.4) is 0 Å². The van der Waals surface area contributed by atoms with Gasteiger partial charge in [0.05, 0.1) is 17.5 Å². The van der Waals surface area contributed by atoms with Crippen molar-refractivity contribution in [1.29, 1.82) is 0 Å². The van der Waals surface area contributed by atoms with Crippen LogP contribution in [0.1, 0.15) is 40.5 Å². The number of aryl methyl sites for hydroxylation is 1. The fourth-order valence-electron chi connectivity index (χ4n) is 4.03. The normalized spacial score (nSPS) is 16.4. The molecule has 3 aromatic rings. The molecule has 1 atom stereocenters. The fourth-order valence-corrected chi connectivity index (χ4v) is 4.15. The summed E-state index contributed by atoms with van der Waals surface area (Å²) in [7, 11) is 5.72. The maximum absolute atomic E-state index is 13.2. The molecule has 0 radical (unpaired) electrons. The molecule has 0 aliphatic carbocycles. The molecule has 0 N–H and O–H groups in total. The molecule has 3 heterocycles. The number of anilines is 1. The lowest BCUT2D eigenvalue weighted by Gasteiger charge is -2.33. The van der Waals surface area contributed by atoms with Crippen molar-refractivity contribution in [3.05, 3.63) is 58.6 Å². The number of hydrogen-bond acceptors (Lipinski definition) is 5. The molecule has 1 aliphatic rings. The number of benzene rings is 1. The SMILES string of the molecule is Cc1c(C(=O)N2CCC[C@@H](c3nc(N(C)C)ncc3-c3ccc(Cl)cc3)C2)cnn1C. The van der Waals surface area contributed by atoms with E-state index in [2.05, 4.69) is 10.1 Å². The monoisotopic (exact) mass is 438 g/mol. The zero-order chi connectivity index (χ0) is 22.1. The van der Waals surface area contributed by atoms with Crippen molar-refractivity contribution in [1.82, 2.24) is 24.6 Å². The number of piperidine rings is 1. The van der Waals surface area contributed by atoms with Crippen LogP contribution in [-0.2, 0) is 7.05 Å². The van der Waals surface area contributed by atoms with Gasteiger partial charge < -0.3 is 9.80 Å². The van der Waals surface area contributed by atoms with Gasteiger partial charge in [-0.15, -0.1) is 0 Å². The minimum absolute atomic E-state index is 0.0326. The average molecular weight is 439 g/mol. The van der Waals surface area contributed by atoms with Gasteiger partial charge >= 0.3 is 0 Å². The zero-order valence-electron chi connectivity index (χ0n) is 18.3. The van der Waals surface area contributed by atoms with Crippen LogP contribution >= 0.6 is 11.6 Å². The second kappa shape index (κ2) is 8.67. The smallest absolute Gasteiger partial charge is 0.257 e. The summed E-state index contributed by atoms with van der Waals surface area (Å²) in [6.07, 6.45) is 5.44. The lowest BCUT2D eigenvalue weighted by atomic mass is 9.89. The molecule has 8 heteroatoms. The number of amides is 1. The first-order valence-corrected chi connectivity index (χ1v) is 10.8. The third-order valence-corrected chi connectivity index (χ3v) is 6.17. The van der Waals surface area contributed by atoms with Crippen LogP contribution in [-0.4, -0.2) is 57.7 Å². The van der Waals surface area contributed by atoms with Gasteiger partial charge in [-0.3, -0.25) is 9.48 Å². The van der Waals surface area contributed by atoms with Gasteiger partial charge in [-0.1, -0.05) is 23.7 Å². The lowest BCUT2D eigenvalue weighted by Crippen LogP contribution is -2.39. The summed E-state index contributed by atoms with van der Waals surface area (Å²) in [5.41, 5.74) is 4.53. The summed E-state index contributed by atoms with van der Waals surface area (Å²) in [4.78, 5) is 26.5. The third kappa shape index (κ3) is 4.28. The van der Waals surface area contributed by atoms with Crippen molar-refractivity contribution in [3.8, 4) is 11.1 Å². The fraction of sp³-hybridized carbons (Fsp3) is 0.391. The summed E-state index contributed by atoms with van der Waals surface area (Å²) < 4.78 is 1.74. The van der Waals surface area contributed by atoms with E-state index in [1.165, 1.54) is 0 Å². The van der Waals surface area contributed by atoms with E-state index in [0.717, 1.165) is 41.9 Å². The highest BCUT2D eigenvalue weighted by Crippen LogP contribution is 2.34. The maximum atomic E-state index is 13.2.